The molecule has 0 radical (unpaired) electrons. The third kappa shape index (κ3) is 8.99. The fraction of sp³-hybridized carbons (Fsp3) is 0.125. The predicted octanol–water partition coefficient (Wildman–Crippen LogP) is 8.05. The molecule has 0 aliphatic heterocycles. The molecule has 6 heteroatoms. The number of aliphatic carboxylic acids is 1. The van der Waals surface area contributed by atoms with Gasteiger partial charge in [-0.3, -0.25) is 0 Å². The second kappa shape index (κ2) is 16.0. The number of rotatable bonds is 9. The van der Waals surface area contributed by atoms with E-state index in [1.54, 1.807) is 31.1 Å². The van der Waals surface area contributed by atoms with Crippen LogP contribution in [-0.4, -0.2) is 32.9 Å². The standard InChI is InChI=1S/C40H32N2O3S/c1-3-38(40(43)44)45-39-23-22-36(28-29(39)2)46-27-24-37(32-16-10-30(11-17-32)14-20-34-8-4-6-25-41-34)33-18-12-31(13-19-33)15-21-35-9-5-7-26-42-35/h4-13,16-19,22-26,28,38H,3,27H2,1-2H3,(H,43,44). The molecule has 1 unspecified atom stereocenters. The second-order valence-electron chi connectivity index (χ2n) is 10.3. The van der Waals surface area contributed by atoms with Gasteiger partial charge in [0.05, 0.1) is 0 Å². The van der Waals surface area contributed by atoms with Gasteiger partial charge >= 0.3 is 5.97 Å². The zero-order chi connectivity index (χ0) is 32.1. The van der Waals surface area contributed by atoms with Crippen molar-refractivity contribution in [2.75, 3.05) is 5.75 Å². The van der Waals surface area contributed by atoms with Gasteiger partial charge in [0, 0.05) is 34.2 Å². The summed E-state index contributed by atoms with van der Waals surface area (Å²) < 4.78 is 5.73. The van der Waals surface area contributed by atoms with Crippen LogP contribution in [0.4, 0.5) is 0 Å². The largest absolute Gasteiger partial charge is 0.479 e. The van der Waals surface area contributed by atoms with Crippen LogP contribution in [0.3, 0.4) is 0 Å². The maximum Gasteiger partial charge on any atom is 0.344 e. The van der Waals surface area contributed by atoms with E-state index < -0.39 is 12.1 Å². The lowest BCUT2D eigenvalue weighted by atomic mass is 9.96. The number of pyridine rings is 2. The van der Waals surface area contributed by atoms with E-state index in [0.29, 0.717) is 12.2 Å². The van der Waals surface area contributed by atoms with Gasteiger partial charge in [-0.2, -0.15) is 0 Å². The monoisotopic (exact) mass is 620 g/mol. The molecule has 2 aromatic heterocycles. The van der Waals surface area contributed by atoms with Crippen molar-refractivity contribution in [2.45, 2.75) is 31.3 Å². The van der Waals surface area contributed by atoms with Crippen LogP contribution in [-0.2, 0) is 4.79 Å². The van der Waals surface area contributed by atoms with Crippen molar-refractivity contribution >= 4 is 23.3 Å². The molecule has 0 saturated heterocycles. The average Bonchev–Trinajstić information content (AvgIpc) is 3.09. The summed E-state index contributed by atoms with van der Waals surface area (Å²) in [7, 11) is 0. The first-order chi connectivity index (χ1) is 22.5. The molecule has 5 nitrogen and oxygen atoms in total. The predicted molar refractivity (Wildman–Crippen MR) is 185 cm³/mol. The Hall–Kier alpha value is -5.56. The lowest BCUT2D eigenvalue weighted by Crippen LogP contribution is -2.26. The van der Waals surface area contributed by atoms with Gasteiger partial charge in [0.25, 0.3) is 0 Å². The molecule has 5 aromatic rings. The van der Waals surface area contributed by atoms with Crippen LogP contribution < -0.4 is 4.74 Å². The summed E-state index contributed by atoms with van der Waals surface area (Å²) in [6.45, 7) is 3.74. The minimum Gasteiger partial charge on any atom is -0.479 e. The number of aryl methyl sites for hydroxylation is 1. The zero-order valence-electron chi connectivity index (χ0n) is 25.6. The Bertz CT molecular complexity index is 1830. The summed E-state index contributed by atoms with van der Waals surface area (Å²) >= 11 is 1.70. The molecule has 0 saturated carbocycles. The van der Waals surface area contributed by atoms with Crippen LogP contribution in [0.5, 0.6) is 5.75 Å². The molecule has 5 rings (SSSR count). The molecule has 3 aromatic carbocycles. The normalized spacial score (nSPS) is 10.8. The Kier molecular flexibility index (Phi) is 11.0. The van der Waals surface area contributed by atoms with Crippen LogP contribution in [0.1, 0.15) is 52.5 Å². The molecule has 1 atom stereocenters. The van der Waals surface area contributed by atoms with Gasteiger partial charge in [-0.25, -0.2) is 14.8 Å². The molecule has 0 bridgehead atoms. The van der Waals surface area contributed by atoms with Crippen molar-refractivity contribution in [3.05, 3.63) is 161 Å². The quantitative estimate of drug-likeness (QED) is 0.133. The van der Waals surface area contributed by atoms with Gasteiger partial charge in [0.2, 0.25) is 0 Å². The third-order valence-electron chi connectivity index (χ3n) is 6.99. The number of hydrogen-bond acceptors (Lipinski definition) is 5. The van der Waals surface area contributed by atoms with E-state index >= 15 is 0 Å². The minimum atomic E-state index is -0.959. The van der Waals surface area contributed by atoms with E-state index in [0.717, 1.165) is 55.4 Å². The Morgan fingerprint density at radius 2 is 1.37 bits per heavy atom. The number of carboxylic acids is 1. The number of hydrogen-bond donors (Lipinski definition) is 1. The highest BCUT2D eigenvalue weighted by Gasteiger charge is 2.17. The number of aromatic nitrogens is 2. The van der Waals surface area contributed by atoms with Gasteiger partial charge in [-0.05, 0) is 114 Å². The van der Waals surface area contributed by atoms with Gasteiger partial charge < -0.3 is 9.84 Å². The summed E-state index contributed by atoms with van der Waals surface area (Å²) in [5.41, 5.74) is 7.45. The van der Waals surface area contributed by atoms with Gasteiger partial charge in [-0.15, -0.1) is 11.8 Å². The zero-order valence-corrected chi connectivity index (χ0v) is 26.4. The second-order valence-corrected chi connectivity index (χ2v) is 11.4. The topological polar surface area (TPSA) is 72.3 Å². The summed E-state index contributed by atoms with van der Waals surface area (Å²) in [6, 6.07) is 33.7. The summed E-state index contributed by atoms with van der Waals surface area (Å²) in [6.07, 6.45) is 5.24. The van der Waals surface area contributed by atoms with Crippen LogP contribution in [0.15, 0.2) is 126 Å². The maximum absolute atomic E-state index is 11.4. The van der Waals surface area contributed by atoms with Crippen LogP contribution >= 0.6 is 11.8 Å². The number of carboxylic acid groups (broad SMARTS) is 1. The molecular weight excluding hydrogens is 589 g/mol. The number of nitrogens with zero attached hydrogens (tertiary/aromatic N) is 2. The SMILES string of the molecule is CCC(Oc1ccc(SCC=C(c2ccc(C#Cc3ccccn3)cc2)c2ccc(C#Cc3ccccn3)cc2)cc1C)C(=O)O. The maximum atomic E-state index is 11.4. The van der Waals surface area contributed by atoms with Crippen molar-refractivity contribution in [2.24, 2.45) is 0 Å². The lowest BCUT2D eigenvalue weighted by Gasteiger charge is -2.15. The van der Waals surface area contributed by atoms with E-state index in [-0.39, 0.29) is 0 Å². The Labute approximate surface area is 274 Å². The number of ether oxygens (including phenoxy) is 1. The molecule has 2 heterocycles. The van der Waals surface area contributed by atoms with Crippen molar-refractivity contribution in [1.82, 2.24) is 9.97 Å². The highest BCUT2D eigenvalue weighted by Crippen LogP contribution is 2.29. The first kappa shape index (κ1) is 31.9. The van der Waals surface area contributed by atoms with E-state index in [2.05, 4.69) is 64.0 Å². The fourth-order valence-corrected chi connectivity index (χ4v) is 5.41. The summed E-state index contributed by atoms with van der Waals surface area (Å²) in [4.78, 5) is 21.1. The Morgan fingerprint density at radius 3 is 1.83 bits per heavy atom. The number of benzene rings is 3. The Morgan fingerprint density at radius 1 is 0.804 bits per heavy atom. The van der Waals surface area contributed by atoms with Gasteiger partial charge in [-0.1, -0.05) is 61.2 Å². The van der Waals surface area contributed by atoms with Crippen molar-refractivity contribution in [1.29, 1.82) is 0 Å². The van der Waals surface area contributed by atoms with E-state index in [4.69, 9.17) is 4.74 Å². The summed E-state index contributed by atoms with van der Waals surface area (Å²) in [5, 5.41) is 9.36. The molecule has 0 fully saturated rings. The molecule has 226 valence electrons. The van der Waals surface area contributed by atoms with Crippen molar-refractivity contribution < 1.29 is 14.6 Å². The van der Waals surface area contributed by atoms with E-state index in [1.807, 2.05) is 85.8 Å². The molecule has 0 aliphatic carbocycles. The van der Waals surface area contributed by atoms with Gasteiger partial charge in [0.1, 0.15) is 17.1 Å². The first-order valence-corrected chi connectivity index (χ1v) is 15.9. The van der Waals surface area contributed by atoms with E-state index in [1.165, 1.54) is 0 Å². The van der Waals surface area contributed by atoms with Crippen molar-refractivity contribution in [3.63, 3.8) is 0 Å². The van der Waals surface area contributed by atoms with E-state index in [9.17, 15) is 9.90 Å². The van der Waals surface area contributed by atoms with Gasteiger partial charge in [0.15, 0.2) is 6.10 Å². The average molecular weight is 621 g/mol. The first-order valence-electron chi connectivity index (χ1n) is 14.9. The molecule has 0 spiro atoms. The summed E-state index contributed by atoms with van der Waals surface area (Å²) in [5.74, 6) is 13.0. The van der Waals surface area contributed by atoms with Crippen LogP contribution in [0, 0.1) is 30.6 Å². The lowest BCUT2D eigenvalue weighted by molar-refractivity contribution is -0.145. The van der Waals surface area contributed by atoms with Crippen LogP contribution in [0.25, 0.3) is 5.57 Å². The highest BCUT2D eigenvalue weighted by molar-refractivity contribution is 7.99. The molecule has 0 aliphatic rings. The number of thioether (sulfide) groups is 1. The molecule has 46 heavy (non-hydrogen) atoms. The fourth-order valence-electron chi connectivity index (χ4n) is 4.54. The highest BCUT2D eigenvalue weighted by atomic mass is 32.2. The molecule has 1 N–H and O–H groups in total. The molecule has 0 amide bonds. The minimum absolute atomic E-state index is 0.397. The Balaban J connectivity index is 1.37. The van der Waals surface area contributed by atoms with Crippen LogP contribution in [0.2, 0.25) is 0 Å². The van der Waals surface area contributed by atoms with Crippen molar-refractivity contribution in [3.8, 4) is 29.4 Å². The smallest absolute Gasteiger partial charge is 0.344 e. The third-order valence-corrected chi connectivity index (χ3v) is 7.91. The number of carbonyl (C=O) groups is 1. The molecular formula is C40H32N2O3S.